The highest BCUT2D eigenvalue weighted by Gasteiger charge is 2.03. The Labute approximate surface area is 104 Å². The maximum atomic E-state index is 11.7. The second-order valence-corrected chi connectivity index (χ2v) is 4.10. The summed E-state index contributed by atoms with van der Waals surface area (Å²) in [5.41, 5.74) is 1.65. The fraction of sp³-hybridized carbons (Fsp3) is 0.0667. The molecule has 0 atom stereocenters. The van der Waals surface area contributed by atoms with Crippen LogP contribution >= 0.6 is 0 Å². The standard InChI is InChI=1S/C15H12O3/c1-10-2-3-12-9-13(5-4-11(12)8-10)14(16)6-7-15(17)18/h2-9H,1H3,(H,17,18)/b7-6+. The van der Waals surface area contributed by atoms with Crippen LogP contribution in [0.5, 0.6) is 0 Å². The molecule has 0 spiro atoms. The van der Waals surface area contributed by atoms with Crippen molar-refractivity contribution in [2.45, 2.75) is 6.92 Å². The van der Waals surface area contributed by atoms with E-state index in [1.165, 1.54) is 0 Å². The number of aryl methyl sites for hydroxylation is 1. The third kappa shape index (κ3) is 2.63. The second kappa shape index (κ2) is 4.84. The summed E-state index contributed by atoms with van der Waals surface area (Å²) in [6.45, 7) is 2.01. The van der Waals surface area contributed by atoms with Gasteiger partial charge in [-0.3, -0.25) is 4.79 Å². The number of benzene rings is 2. The van der Waals surface area contributed by atoms with Crippen LogP contribution in [0.2, 0.25) is 0 Å². The van der Waals surface area contributed by atoms with E-state index in [9.17, 15) is 9.59 Å². The second-order valence-electron chi connectivity index (χ2n) is 4.10. The van der Waals surface area contributed by atoms with E-state index in [0.29, 0.717) is 5.56 Å². The molecule has 1 N–H and O–H groups in total. The third-order valence-electron chi connectivity index (χ3n) is 2.66. The average Bonchev–Trinajstić information content (AvgIpc) is 2.35. The van der Waals surface area contributed by atoms with Gasteiger partial charge in [0.05, 0.1) is 0 Å². The van der Waals surface area contributed by atoms with Crippen LogP contribution in [0.1, 0.15) is 15.9 Å². The Morgan fingerprint density at radius 3 is 2.39 bits per heavy atom. The predicted molar refractivity (Wildman–Crippen MR) is 69.8 cm³/mol. The number of carboxylic acids is 1. The molecule has 0 aliphatic rings. The van der Waals surface area contributed by atoms with Gasteiger partial charge in [-0.05, 0) is 29.8 Å². The lowest BCUT2D eigenvalue weighted by Crippen LogP contribution is -1.96. The number of fused-ring (bicyclic) bond motifs is 1. The molecule has 0 aromatic heterocycles. The van der Waals surface area contributed by atoms with Crippen LogP contribution in [0.25, 0.3) is 10.8 Å². The van der Waals surface area contributed by atoms with Crippen LogP contribution in [0.15, 0.2) is 48.6 Å². The Hall–Kier alpha value is -2.42. The van der Waals surface area contributed by atoms with Crippen molar-refractivity contribution in [1.82, 2.24) is 0 Å². The Kier molecular flexibility index (Phi) is 3.24. The van der Waals surface area contributed by atoms with E-state index in [0.717, 1.165) is 28.5 Å². The zero-order chi connectivity index (χ0) is 13.1. The number of carbonyl (C=O) groups is 2. The number of rotatable bonds is 3. The van der Waals surface area contributed by atoms with E-state index in [-0.39, 0.29) is 5.78 Å². The molecular weight excluding hydrogens is 228 g/mol. The van der Waals surface area contributed by atoms with Gasteiger partial charge in [-0.2, -0.15) is 0 Å². The minimum absolute atomic E-state index is 0.306. The summed E-state index contributed by atoms with van der Waals surface area (Å²) < 4.78 is 0. The van der Waals surface area contributed by atoms with E-state index in [1.807, 2.05) is 31.2 Å². The highest BCUT2D eigenvalue weighted by molar-refractivity contribution is 6.08. The van der Waals surface area contributed by atoms with Crippen molar-refractivity contribution in [2.24, 2.45) is 0 Å². The highest BCUT2D eigenvalue weighted by atomic mass is 16.4. The van der Waals surface area contributed by atoms with Gasteiger partial charge < -0.3 is 5.11 Å². The molecule has 0 saturated carbocycles. The number of ketones is 1. The first-order valence-electron chi connectivity index (χ1n) is 5.52. The monoisotopic (exact) mass is 240 g/mol. The Balaban J connectivity index is 2.38. The van der Waals surface area contributed by atoms with E-state index in [2.05, 4.69) is 0 Å². The van der Waals surface area contributed by atoms with E-state index < -0.39 is 5.97 Å². The van der Waals surface area contributed by atoms with Gasteiger partial charge in [-0.25, -0.2) is 4.79 Å². The molecule has 90 valence electrons. The molecule has 3 heteroatoms. The fourth-order valence-electron chi connectivity index (χ4n) is 1.76. The zero-order valence-electron chi connectivity index (χ0n) is 9.88. The Morgan fingerprint density at radius 1 is 1.00 bits per heavy atom. The zero-order valence-corrected chi connectivity index (χ0v) is 9.88. The molecule has 0 heterocycles. The average molecular weight is 240 g/mol. The van der Waals surface area contributed by atoms with Crippen molar-refractivity contribution in [2.75, 3.05) is 0 Å². The van der Waals surface area contributed by atoms with Crippen LogP contribution in [0.3, 0.4) is 0 Å². The molecule has 0 amide bonds. The van der Waals surface area contributed by atoms with Gasteiger partial charge in [0.2, 0.25) is 0 Å². The first kappa shape index (κ1) is 12.0. The Bertz CT molecular complexity index is 654. The molecular formula is C15H12O3. The normalized spacial score (nSPS) is 10.9. The largest absolute Gasteiger partial charge is 0.478 e. The number of carboxylic acid groups (broad SMARTS) is 1. The molecule has 0 unspecified atom stereocenters. The maximum Gasteiger partial charge on any atom is 0.328 e. The van der Waals surface area contributed by atoms with Crippen molar-refractivity contribution in [3.8, 4) is 0 Å². The van der Waals surface area contributed by atoms with E-state index in [4.69, 9.17) is 5.11 Å². The van der Waals surface area contributed by atoms with Crippen LogP contribution in [-0.2, 0) is 4.79 Å². The number of hydrogen-bond donors (Lipinski definition) is 1. The van der Waals surface area contributed by atoms with Gasteiger partial charge in [0.1, 0.15) is 0 Å². The number of allylic oxidation sites excluding steroid dienone is 1. The molecule has 18 heavy (non-hydrogen) atoms. The van der Waals surface area contributed by atoms with Gasteiger partial charge in [0.25, 0.3) is 0 Å². The van der Waals surface area contributed by atoms with Crippen LogP contribution in [0, 0.1) is 6.92 Å². The third-order valence-corrected chi connectivity index (χ3v) is 2.66. The molecule has 2 rings (SSSR count). The molecule has 0 radical (unpaired) electrons. The van der Waals surface area contributed by atoms with Gasteiger partial charge in [-0.15, -0.1) is 0 Å². The molecule has 2 aromatic carbocycles. The number of carbonyl (C=O) groups excluding carboxylic acids is 1. The quantitative estimate of drug-likeness (QED) is 0.662. The van der Waals surface area contributed by atoms with Crippen LogP contribution in [0.4, 0.5) is 0 Å². The molecule has 0 bridgehead atoms. The predicted octanol–water partition coefficient (Wildman–Crippen LogP) is 2.97. The maximum absolute atomic E-state index is 11.7. The van der Waals surface area contributed by atoms with Gasteiger partial charge in [0, 0.05) is 11.6 Å². The lowest BCUT2D eigenvalue weighted by atomic mass is 10.0. The van der Waals surface area contributed by atoms with Crippen molar-refractivity contribution in [3.63, 3.8) is 0 Å². The van der Waals surface area contributed by atoms with Crippen molar-refractivity contribution in [1.29, 1.82) is 0 Å². The first-order valence-corrected chi connectivity index (χ1v) is 5.52. The lowest BCUT2D eigenvalue weighted by molar-refractivity contribution is -0.131. The molecule has 0 saturated heterocycles. The van der Waals surface area contributed by atoms with Crippen LogP contribution < -0.4 is 0 Å². The smallest absolute Gasteiger partial charge is 0.328 e. The molecule has 0 aliphatic carbocycles. The minimum Gasteiger partial charge on any atom is -0.478 e. The minimum atomic E-state index is -1.13. The summed E-state index contributed by atoms with van der Waals surface area (Å²) in [5.74, 6) is -1.43. The van der Waals surface area contributed by atoms with Gasteiger partial charge in [0.15, 0.2) is 5.78 Å². The first-order chi connectivity index (χ1) is 8.56. The summed E-state index contributed by atoms with van der Waals surface area (Å²) in [5, 5.41) is 10.5. The van der Waals surface area contributed by atoms with E-state index >= 15 is 0 Å². The van der Waals surface area contributed by atoms with Gasteiger partial charge in [-0.1, -0.05) is 35.9 Å². The SMILES string of the molecule is Cc1ccc2cc(C(=O)/C=C/C(=O)O)ccc2c1. The van der Waals surface area contributed by atoms with Crippen molar-refractivity contribution in [3.05, 3.63) is 59.7 Å². The number of hydrogen-bond acceptors (Lipinski definition) is 2. The number of aliphatic carboxylic acids is 1. The summed E-state index contributed by atoms with van der Waals surface area (Å²) in [6.07, 6.45) is 1.92. The Morgan fingerprint density at radius 2 is 1.67 bits per heavy atom. The summed E-state index contributed by atoms with van der Waals surface area (Å²) >= 11 is 0. The summed E-state index contributed by atoms with van der Waals surface area (Å²) in [7, 11) is 0. The van der Waals surface area contributed by atoms with Crippen molar-refractivity contribution < 1.29 is 14.7 Å². The van der Waals surface area contributed by atoms with Crippen molar-refractivity contribution >= 4 is 22.5 Å². The van der Waals surface area contributed by atoms with Crippen LogP contribution in [-0.4, -0.2) is 16.9 Å². The lowest BCUT2D eigenvalue weighted by Gasteiger charge is -2.01. The fourth-order valence-corrected chi connectivity index (χ4v) is 1.76. The highest BCUT2D eigenvalue weighted by Crippen LogP contribution is 2.18. The molecule has 2 aromatic rings. The summed E-state index contributed by atoms with van der Waals surface area (Å²) in [4.78, 5) is 22.1. The van der Waals surface area contributed by atoms with E-state index in [1.54, 1.807) is 12.1 Å². The molecule has 3 nitrogen and oxygen atoms in total. The topological polar surface area (TPSA) is 54.4 Å². The molecule has 0 aliphatic heterocycles. The van der Waals surface area contributed by atoms with Gasteiger partial charge >= 0.3 is 5.97 Å². The molecule has 0 fully saturated rings. The summed E-state index contributed by atoms with van der Waals surface area (Å²) in [6, 6.07) is 11.3.